The predicted octanol–water partition coefficient (Wildman–Crippen LogP) is 1.49. The van der Waals surface area contributed by atoms with Crippen molar-refractivity contribution in [2.45, 2.75) is 39.3 Å². The molecule has 19 heavy (non-hydrogen) atoms. The van der Waals surface area contributed by atoms with Crippen molar-refractivity contribution >= 4 is 29.9 Å². The Labute approximate surface area is 130 Å². The maximum atomic E-state index is 5.80. The zero-order chi connectivity index (χ0) is 13.0. The van der Waals surface area contributed by atoms with Crippen molar-refractivity contribution < 1.29 is 9.26 Å². The summed E-state index contributed by atoms with van der Waals surface area (Å²) in [6.07, 6.45) is 2.48. The molecule has 1 aromatic rings. The van der Waals surface area contributed by atoms with Crippen LogP contribution >= 0.6 is 24.0 Å². The molecule has 3 N–H and O–H groups in total. The first-order valence-electron chi connectivity index (χ1n) is 6.24. The van der Waals surface area contributed by atoms with Gasteiger partial charge in [-0.1, -0.05) is 5.16 Å². The fourth-order valence-electron chi connectivity index (χ4n) is 1.97. The molecular formula is C12H21IN4O2. The SMILES string of the molecule is Cc1noc(C)c1CN=C(N)NCC1CCCO1.I. The van der Waals surface area contributed by atoms with Gasteiger partial charge in [0.25, 0.3) is 0 Å². The van der Waals surface area contributed by atoms with E-state index in [0.29, 0.717) is 12.5 Å². The van der Waals surface area contributed by atoms with E-state index < -0.39 is 0 Å². The minimum absolute atomic E-state index is 0. The molecular weight excluding hydrogens is 359 g/mol. The molecule has 6 nitrogen and oxygen atoms in total. The third kappa shape index (κ3) is 4.64. The van der Waals surface area contributed by atoms with Gasteiger partial charge in [-0.15, -0.1) is 24.0 Å². The minimum atomic E-state index is 0. The number of aliphatic imine (C=N–C) groups is 1. The number of rotatable bonds is 4. The summed E-state index contributed by atoms with van der Waals surface area (Å²) < 4.78 is 10.6. The topological polar surface area (TPSA) is 85.7 Å². The van der Waals surface area contributed by atoms with E-state index in [1.807, 2.05) is 13.8 Å². The van der Waals surface area contributed by atoms with E-state index >= 15 is 0 Å². The number of nitrogens with two attached hydrogens (primary N) is 1. The largest absolute Gasteiger partial charge is 0.376 e. The van der Waals surface area contributed by atoms with Gasteiger partial charge in [-0.25, -0.2) is 4.99 Å². The summed E-state index contributed by atoms with van der Waals surface area (Å²) in [7, 11) is 0. The van der Waals surface area contributed by atoms with Crippen LogP contribution < -0.4 is 11.1 Å². The first kappa shape index (κ1) is 16.2. The van der Waals surface area contributed by atoms with Gasteiger partial charge in [0, 0.05) is 18.7 Å². The van der Waals surface area contributed by atoms with Crippen LogP contribution in [0.4, 0.5) is 0 Å². The van der Waals surface area contributed by atoms with Crippen molar-refractivity contribution in [3.63, 3.8) is 0 Å². The highest BCUT2D eigenvalue weighted by atomic mass is 127. The second-order valence-electron chi connectivity index (χ2n) is 4.52. The van der Waals surface area contributed by atoms with Gasteiger partial charge in [0.15, 0.2) is 5.96 Å². The van der Waals surface area contributed by atoms with Crippen LogP contribution in [-0.4, -0.2) is 30.4 Å². The zero-order valence-electron chi connectivity index (χ0n) is 11.3. The molecule has 0 spiro atoms. The molecule has 1 unspecified atom stereocenters. The molecule has 1 saturated heterocycles. The second-order valence-corrected chi connectivity index (χ2v) is 4.52. The summed E-state index contributed by atoms with van der Waals surface area (Å²) in [5.41, 5.74) is 7.66. The zero-order valence-corrected chi connectivity index (χ0v) is 13.6. The Morgan fingerprint density at radius 1 is 1.53 bits per heavy atom. The van der Waals surface area contributed by atoms with Crippen LogP contribution in [-0.2, 0) is 11.3 Å². The number of aromatic nitrogens is 1. The Hall–Kier alpha value is -0.830. The average Bonchev–Trinajstić information content (AvgIpc) is 2.96. The fraction of sp³-hybridized carbons (Fsp3) is 0.667. The third-order valence-electron chi connectivity index (χ3n) is 3.12. The number of aryl methyl sites for hydroxylation is 2. The second kappa shape index (κ2) is 7.68. The number of hydrogen-bond donors (Lipinski definition) is 2. The van der Waals surface area contributed by atoms with Gasteiger partial charge >= 0.3 is 0 Å². The molecule has 0 aromatic carbocycles. The number of guanidine groups is 1. The Balaban J connectivity index is 0.00000180. The van der Waals surface area contributed by atoms with Crippen LogP contribution in [0.2, 0.25) is 0 Å². The van der Waals surface area contributed by atoms with Gasteiger partial charge in [0.1, 0.15) is 5.76 Å². The van der Waals surface area contributed by atoms with Crippen molar-refractivity contribution in [1.82, 2.24) is 10.5 Å². The van der Waals surface area contributed by atoms with Crippen LogP contribution in [0.1, 0.15) is 29.9 Å². The van der Waals surface area contributed by atoms with Gasteiger partial charge in [0.2, 0.25) is 0 Å². The molecule has 0 bridgehead atoms. The van der Waals surface area contributed by atoms with Gasteiger partial charge in [0.05, 0.1) is 18.3 Å². The molecule has 1 aliphatic rings. The molecule has 7 heteroatoms. The van der Waals surface area contributed by atoms with E-state index in [9.17, 15) is 0 Å². The summed E-state index contributed by atoms with van der Waals surface area (Å²) in [5.74, 6) is 1.23. The first-order chi connectivity index (χ1) is 8.66. The van der Waals surface area contributed by atoms with Crippen molar-refractivity contribution in [2.24, 2.45) is 10.7 Å². The van der Waals surface area contributed by atoms with Crippen LogP contribution in [0, 0.1) is 13.8 Å². The van der Waals surface area contributed by atoms with Gasteiger partial charge in [-0.05, 0) is 26.7 Å². The van der Waals surface area contributed by atoms with Gasteiger partial charge < -0.3 is 20.3 Å². The summed E-state index contributed by atoms with van der Waals surface area (Å²) >= 11 is 0. The number of nitrogens with one attached hydrogen (secondary N) is 1. The quantitative estimate of drug-likeness (QED) is 0.470. The van der Waals surface area contributed by atoms with E-state index in [1.54, 1.807) is 0 Å². The van der Waals surface area contributed by atoms with Crippen LogP contribution in [0.25, 0.3) is 0 Å². The summed E-state index contributed by atoms with van der Waals surface area (Å²) in [5, 5.41) is 6.96. The normalized spacial score (nSPS) is 19.3. The van der Waals surface area contributed by atoms with Crippen LogP contribution in [0.3, 0.4) is 0 Å². The van der Waals surface area contributed by atoms with E-state index in [2.05, 4.69) is 15.5 Å². The lowest BCUT2D eigenvalue weighted by molar-refractivity contribution is 0.114. The Morgan fingerprint density at radius 2 is 2.32 bits per heavy atom. The smallest absolute Gasteiger partial charge is 0.189 e. The van der Waals surface area contributed by atoms with E-state index in [4.69, 9.17) is 15.0 Å². The number of halogens is 1. The lowest BCUT2D eigenvalue weighted by Crippen LogP contribution is -2.37. The van der Waals surface area contributed by atoms with Crippen molar-refractivity contribution in [1.29, 1.82) is 0 Å². The Bertz CT molecular complexity index is 408. The van der Waals surface area contributed by atoms with Crippen molar-refractivity contribution in [3.05, 3.63) is 17.0 Å². The summed E-state index contributed by atoms with van der Waals surface area (Å²) in [6, 6.07) is 0. The minimum Gasteiger partial charge on any atom is -0.376 e. The highest BCUT2D eigenvalue weighted by molar-refractivity contribution is 14.0. The molecule has 1 aliphatic heterocycles. The number of ether oxygens (including phenoxy) is 1. The lowest BCUT2D eigenvalue weighted by Gasteiger charge is -2.10. The number of nitrogens with zero attached hydrogens (tertiary/aromatic N) is 2. The summed E-state index contributed by atoms with van der Waals surface area (Å²) in [4.78, 5) is 4.28. The predicted molar refractivity (Wildman–Crippen MR) is 83.7 cm³/mol. The molecule has 0 amide bonds. The molecule has 1 fully saturated rings. The molecule has 0 radical (unpaired) electrons. The van der Waals surface area contributed by atoms with E-state index in [0.717, 1.165) is 43.0 Å². The first-order valence-corrected chi connectivity index (χ1v) is 6.24. The Morgan fingerprint density at radius 3 is 2.89 bits per heavy atom. The van der Waals surface area contributed by atoms with Gasteiger partial charge in [-0.2, -0.15) is 0 Å². The van der Waals surface area contributed by atoms with E-state index in [1.165, 1.54) is 0 Å². The van der Waals surface area contributed by atoms with Gasteiger partial charge in [-0.3, -0.25) is 0 Å². The highest BCUT2D eigenvalue weighted by Gasteiger charge is 2.15. The van der Waals surface area contributed by atoms with Crippen molar-refractivity contribution in [3.8, 4) is 0 Å². The maximum absolute atomic E-state index is 5.80. The molecule has 1 aromatic heterocycles. The monoisotopic (exact) mass is 380 g/mol. The van der Waals surface area contributed by atoms with Crippen LogP contribution in [0.5, 0.6) is 0 Å². The molecule has 2 heterocycles. The number of hydrogen-bond acceptors (Lipinski definition) is 4. The maximum Gasteiger partial charge on any atom is 0.189 e. The fourth-order valence-corrected chi connectivity index (χ4v) is 1.97. The average molecular weight is 380 g/mol. The van der Waals surface area contributed by atoms with E-state index in [-0.39, 0.29) is 30.1 Å². The van der Waals surface area contributed by atoms with Crippen molar-refractivity contribution in [2.75, 3.05) is 13.2 Å². The summed E-state index contributed by atoms with van der Waals surface area (Å²) in [6.45, 7) is 5.84. The lowest BCUT2D eigenvalue weighted by atomic mass is 10.2. The Kier molecular flexibility index (Phi) is 6.56. The molecule has 2 rings (SSSR count). The molecule has 0 saturated carbocycles. The highest BCUT2D eigenvalue weighted by Crippen LogP contribution is 2.13. The molecule has 0 aliphatic carbocycles. The van der Waals surface area contributed by atoms with Crippen LogP contribution in [0.15, 0.2) is 9.52 Å². The molecule has 1 atom stereocenters. The standard InChI is InChI=1S/C12H20N4O2.HI/c1-8-11(9(2)18-16-8)7-15-12(13)14-6-10-4-3-5-17-10;/h10H,3-7H2,1-2H3,(H3,13,14,15);1H. The third-order valence-corrected chi connectivity index (χ3v) is 3.12. The molecule has 108 valence electrons.